The number of benzene rings is 2. The first-order valence-corrected chi connectivity index (χ1v) is 12.6. The first kappa shape index (κ1) is 26.5. The summed E-state index contributed by atoms with van der Waals surface area (Å²) >= 11 is 0. The Balaban J connectivity index is 1.58. The molecule has 0 aromatic heterocycles. The molecule has 0 aliphatic heterocycles. The lowest BCUT2D eigenvalue weighted by molar-refractivity contribution is -0.146. The van der Waals surface area contributed by atoms with Crippen LogP contribution in [0.15, 0.2) is 54.6 Å². The minimum Gasteiger partial charge on any atom is -0.491 e. The number of aliphatic hydroxyl groups is 1. The molecule has 2 aromatic carbocycles. The summed E-state index contributed by atoms with van der Waals surface area (Å²) in [7, 11) is 0. The van der Waals surface area contributed by atoms with E-state index in [4.69, 9.17) is 4.74 Å². The first-order chi connectivity index (χ1) is 16.8. The summed E-state index contributed by atoms with van der Waals surface area (Å²) < 4.78 is 5.76. The Morgan fingerprint density at radius 2 is 1.80 bits per heavy atom. The van der Waals surface area contributed by atoms with E-state index in [1.54, 1.807) is 0 Å². The molecule has 1 aliphatic rings. The number of amides is 1. The molecule has 1 fully saturated rings. The molecule has 3 rings (SSSR count). The van der Waals surface area contributed by atoms with Crippen molar-refractivity contribution < 1.29 is 24.5 Å². The van der Waals surface area contributed by atoms with Gasteiger partial charge in [-0.1, -0.05) is 36.4 Å². The van der Waals surface area contributed by atoms with Crippen LogP contribution in [0.5, 0.6) is 5.75 Å². The summed E-state index contributed by atoms with van der Waals surface area (Å²) in [5.74, 6) is -0.653. The van der Waals surface area contributed by atoms with Gasteiger partial charge in [-0.25, -0.2) is 0 Å². The van der Waals surface area contributed by atoms with Crippen LogP contribution in [0.3, 0.4) is 0 Å². The number of nitrogens with zero attached hydrogens (tertiary/aromatic N) is 1. The van der Waals surface area contributed by atoms with E-state index in [9.17, 15) is 19.8 Å². The fraction of sp³-hybridized carbons (Fsp3) is 0.500. The van der Waals surface area contributed by atoms with Gasteiger partial charge in [-0.2, -0.15) is 0 Å². The highest BCUT2D eigenvalue weighted by Crippen LogP contribution is 2.28. The van der Waals surface area contributed by atoms with Crippen LogP contribution in [-0.2, 0) is 16.0 Å². The lowest BCUT2D eigenvalue weighted by Crippen LogP contribution is -2.40. The zero-order valence-corrected chi connectivity index (χ0v) is 20.7. The number of carboxylic acid groups (broad SMARTS) is 1. The van der Waals surface area contributed by atoms with Gasteiger partial charge in [-0.3, -0.25) is 9.59 Å². The van der Waals surface area contributed by atoms with Crippen molar-refractivity contribution in [2.24, 2.45) is 5.92 Å². The van der Waals surface area contributed by atoms with Crippen LogP contribution in [0.25, 0.3) is 0 Å². The number of aliphatic hydroxyl groups excluding tert-OH is 1. The van der Waals surface area contributed by atoms with Gasteiger partial charge in [0.2, 0.25) is 5.91 Å². The number of aryl methyl sites for hydroxylation is 1. The van der Waals surface area contributed by atoms with Crippen molar-refractivity contribution in [1.29, 1.82) is 0 Å². The minimum atomic E-state index is -1.00. The van der Waals surface area contributed by atoms with Crippen LogP contribution in [0.1, 0.15) is 51.5 Å². The van der Waals surface area contributed by atoms with Gasteiger partial charge < -0.3 is 25.2 Å². The van der Waals surface area contributed by atoms with Gasteiger partial charge in [0.1, 0.15) is 12.3 Å². The molecule has 0 saturated heterocycles. The summed E-state index contributed by atoms with van der Waals surface area (Å²) in [5.41, 5.74) is 2.04. The molecule has 2 aromatic rings. The Morgan fingerprint density at radius 3 is 2.51 bits per heavy atom. The molecule has 1 saturated carbocycles. The van der Waals surface area contributed by atoms with Crippen molar-refractivity contribution in [3.8, 4) is 5.75 Å². The third-order valence-corrected chi connectivity index (χ3v) is 6.38. The Bertz CT molecular complexity index is 949. The minimum absolute atomic E-state index is 0.0712. The van der Waals surface area contributed by atoms with Crippen LogP contribution in [0.2, 0.25) is 0 Å². The van der Waals surface area contributed by atoms with E-state index in [0.29, 0.717) is 38.6 Å². The number of hydrogen-bond donors (Lipinski definition) is 3. The fourth-order valence-electron chi connectivity index (χ4n) is 4.66. The summed E-state index contributed by atoms with van der Waals surface area (Å²) in [6.07, 6.45) is 3.24. The largest absolute Gasteiger partial charge is 0.491 e. The number of hydrogen-bond acceptors (Lipinski definition) is 5. The van der Waals surface area contributed by atoms with Crippen LogP contribution >= 0.6 is 0 Å². The molecule has 0 bridgehead atoms. The van der Waals surface area contributed by atoms with Gasteiger partial charge in [-0.15, -0.1) is 0 Å². The second-order valence-corrected chi connectivity index (χ2v) is 9.61. The summed E-state index contributed by atoms with van der Waals surface area (Å²) in [6.45, 7) is 4.06. The second kappa shape index (κ2) is 13.1. The maximum absolute atomic E-state index is 13.3. The molecule has 0 spiro atoms. The van der Waals surface area contributed by atoms with Gasteiger partial charge >= 0.3 is 5.97 Å². The topological polar surface area (TPSA) is 99.1 Å². The van der Waals surface area contributed by atoms with Crippen molar-refractivity contribution in [2.45, 2.75) is 70.6 Å². The number of rotatable bonds is 11. The SMILES string of the molecule is CC(C)Oc1cccc(N[C@H]2CC[C@@H](C(=O)N(CCCc3ccccc3)CC(=O)O)CC[C@@H]2O)c1. The smallest absolute Gasteiger partial charge is 0.323 e. The van der Waals surface area contributed by atoms with Crippen molar-refractivity contribution >= 4 is 17.6 Å². The zero-order chi connectivity index (χ0) is 25.2. The van der Waals surface area contributed by atoms with Crippen molar-refractivity contribution in [2.75, 3.05) is 18.4 Å². The number of carboxylic acids is 1. The van der Waals surface area contributed by atoms with E-state index in [1.807, 2.05) is 68.4 Å². The standard InChI is InChI=1S/C28H38N2O5/c1-20(2)35-24-12-6-11-23(18-24)29-25-15-13-22(14-16-26(25)31)28(34)30(19-27(32)33)17-7-10-21-8-4-3-5-9-21/h3-6,8-9,11-12,18,20,22,25-26,29,31H,7,10,13-17,19H2,1-2H3,(H,32,33)/t22-,25+,26+/m1/s1. The molecule has 1 aliphatic carbocycles. The lowest BCUT2D eigenvalue weighted by atomic mass is 9.98. The van der Waals surface area contributed by atoms with Crippen LogP contribution in [-0.4, -0.2) is 58.3 Å². The lowest BCUT2D eigenvalue weighted by Gasteiger charge is -2.25. The summed E-state index contributed by atoms with van der Waals surface area (Å²) in [5, 5.41) is 23.5. The first-order valence-electron chi connectivity index (χ1n) is 12.6. The highest BCUT2D eigenvalue weighted by Gasteiger charge is 2.32. The molecule has 3 N–H and O–H groups in total. The number of aliphatic carboxylic acids is 1. The molecule has 0 radical (unpaired) electrons. The van der Waals surface area contributed by atoms with Crippen LogP contribution in [0.4, 0.5) is 5.69 Å². The van der Waals surface area contributed by atoms with E-state index >= 15 is 0 Å². The molecular formula is C28H38N2O5. The van der Waals surface area contributed by atoms with Crippen molar-refractivity contribution in [3.05, 3.63) is 60.2 Å². The molecule has 35 heavy (non-hydrogen) atoms. The molecule has 7 nitrogen and oxygen atoms in total. The van der Waals surface area contributed by atoms with Gasteiger partial charge in [0.05, 0.1) is 18.2 Å². The van der Waals surface area contributed by atoms with Crippen LogP contribution < -0.4 is 10.1 Å². The Kier molecular flexibility index (Phi) is 9.97. The molecule has 1 amide bonds. The van der Waals surface area contributed by atoms with E-state index in [0.717, 1.165) is 17.9 Å². The highest BCUT2D eigenvalue weighted by atomic mass is 16.5. The maximum Gasteiger partial charge on any atom is 0.323 e. The Morgan fingerprint density at radius 1 is 1.06 bits per heavy atom. The van der Waals surface area contributed by atoms with Crippen molar-refractivity contribution in [3.63, 3.8) is 0 Å². The van der Waals surface area contributed by atoms with E-state index in [-0.39, 0.29) is 30.5 Å². The maximum atomic E-state index is 13.3. The number of ether oxygens (including phenoxy) is 1. The molecular weight excluding hydrogens is 444 g/mol. The second-order valence-electron chi connectivity index (χ2n) is 9.61. The predicted molar refractivity (Wildman–Crippen MR) is 137 cm³/mol. The van der Waals surface area contributed by atoms with Gasteiger partial charge in [0.15, 0.2) is 0 Å². The van der Waals surface area contributed by atoms with Gasteiger partial charge in [0, 0.05) is 24.2 Å². The fourth-order valence-corrected chi connectivity index (χ4v) is 4.66. The molecule has 0 heterocycles. The number of anilines is 1. The molecule has 190 valence electrons. The van der Waals surface area contributed by atoms with Crippen molar-refractivity contribution in [1.82, 2.24) is 4.90 Å². The molecule has 0 unspecified atom stereocenters. The summed E-state index contributed by atoms with van der Waals surface area (Å²) in [4.78, 5) is 26.2. The Labute approximate surface area is 208 Å². The van der Waals surface area contributed by atoms with E-state index in [1.165, 1.54) is 10.5 Å². The number of carbonyl (C=O) groups is 2. The third kappa shape index (κ3) is 8.58. The molecule has 7 heteroatoms. The average Bonchev–Trinajstić information content (AvgIpc) is 3.00. The highest BCUT2D eigenvalue weighted by molar-refractivity contribution is 5.83. The van der Waals surface area contributed by atoms with Crippen LogP contribution in [0, 0.1) is 5.92 Å². The number of nitrogens with one attached hydrogen (secondary N) is 1. The third-order valence-electron chi connectivity index (χ3n) is 6.38. The number of carbonyl (C=O) groups excluding carboxylic acids is 1. The monoisotopic (exact) mass is 482 g/mol. The molecule has 3 atom stereocenters. The predicted octanol–water partition coefficient (Wildman–Crippen LogP) is 4.35. The summed E-state index contributed by atoms with van der Waals surface area (Å²) in [6, 6.07) is 17.5. The zero-order valence-electron chi connectivity index (χ0n) is 20.7. The quantitative estimate of drug-likeness (QED) is 0.412. The van der Waals surface area contributed by atoms with Gasteiger partial charge in [0.25, 0.3) is 0 Å². The van der Waals surface area contributed by atoms with Gasteiger partial charge in [-0.05, 0) is 70.1 Å². The normalized spacial score (nSPS) is 20.2. The Hall–Kier alpha value is -3.06. The van der Waals surface area contributed by atoms with E-state index < -0.39 is 12.1 Å². The average molecular weight is 483 g/mol. The van der Waals surface area contributed by atoms with E-state index in [2.05, 4.69) is 5.32 Å².